The lowest BCUT2D eigenvalue weighted by Crippen LogP contribution is -2.33. The van der Waals surface area contributed by atoms with Crippen LogP contribution >= 0.6 is 0 Å². The van der Waals surface area contributed by atoms with Crippen LogP contribution in [-0.2, 0) is 30.8 Å². The van der Waals surface area contributed by atoms with Gasteiger partial charge < -0.3 is 5.32 Å². The number of nitrogens with zero attached hydrogens (tertiary/aromatic N) is 4. The van der Waals surface area contributed by atoms with E-state index in [4.69, 9.17) is 0 Å². The fraction of sp³-hybridized carbons (Fsp3) is 0.500. The molecular formula is C16H21N5O2. The number of aryl methyl sites for hydroxylation is 2. The first kappa shape index (κ1) is 15.5. The number of nitrogens with one attached hydrogen (secondary N) is 1. The second-order valence-corrected chi connectivity index (χ2v) is 5.87. The minimum absolute atomic E-state index is 0.0509. The summed E-state index contributed by atoms with van der Waals surface area (Å²) in [6, 6.07) is 5.67. The quantitative estimate of drug-likeness (QED) is 0.904. The van der Waals surface area contributed by atoms with Crippen LogP contribution in [0.15, 0.2) is 23.0 Å². The number of rotatable bonds is 4. The van der Waals surface area contributed by atoms with Crippen molar-refractivity contribution in [1.82, 2.24) is 24.6 Å². The Balaban J connectivity index is 1.63. The third kappa shape index (κ3) is 3.67. The zero-order chi connectivity index (χ0) is 16.2. The van der Waals surface area contributed by atoms with E-state index < -0.39 is 0 Å². The maximum Gasteiger partial charge on any atom is 0.346 e. The predicted octanol–water partition coefficient (Wildman–Crippen LogP) is 0.791. The van der Waals surface area contributed by atoms with Crippen molar-refractivity contribution in [2.75, 3.05) is 0 Å². The molecule has 0 radical (unpaired) electrons. The molecule has 3 rings (SSSR count). The first-order valence-corrected chi connectivity index (χ1v) is 7.99. The van der Waals surface area contributed by atoms with Gasteiger partial charge in [-0.15, -0.1) is 0 Å². The van der Waals surface area contributed by atoms with Gasteiger partial charge in [-0.2, -0.15) is 5.10 Å². The fourth-order valence-electron chi connectivity index (χ4n) is 2.81. The molecule has 122 valence electrons. The highest BCUT2D eigenvalue weighted by molar-refractivity contribution is 5.75. The van der Waals surface area contributed by atoms with Crippen molar-refractivity contribution in [2.45, 2.75) is 52.2 Å². The Hall–Kier alpha value is -2.44. The smallest absolute Gasteiger partial charge is 0.346 e. The maximum absolute atomic E-state index is 12.3. The Morgan fingerprint density at radius 1 is 1.30 bits per heavy atom. The van der Waals surface area contributed by atoms with E-state index in [1.165, 1.54) is 4.68 Å². The van der Waals surface area contributed by atoms with Gasteiger partial charge in [0.1, 0.15) is 12.4 Å². The van der Waals surface area contributed by atoms with Crippen LogP contribution in [0, 0.1) is 6.92 Å². The average Bonchev–Trinajstić information content (AvgIpc) is 2.71. The van der Waals surface area contributed by atoms with Gasteiger partial charge in [-0.05, 0) is 31.9 Å². The van der Waals surface area contributed by atoms with E-state index in [9.17, 15) is 9.59 Å². The van der Waals surface area contributed by atoms with Crippen molar-refractivity contribution in [2.24, 2.45) is 0 Å². The SMILES string of the molecule is Cc1cccc(CNC(=O)Cn2nc3n(c2=O)CCCCC3)n1. The fourth-order valence-corrected chi connectivity index (χ4v) is 2.81. The highest BCUT2D eigenvalue weighted by atomic mass is 16.2. The summed E-state index contributed by atoms with van der Waals surface area (Å²) in [5, 5.41) is 7.09. The summed E-state index contributed by atoms with van der Waals surface area (Å²) in [6.45, 7) is 2.90. The number of hydrogen-bond donors (Lipinski definition) is 1. The highest BCUT2D eigenvalue weighted by Crippen LogP contribution is 2.10. The van der Waals surface area contributed by atoms with Gasteiger partial charge in [0.25, 0.3) is 0 Å². The van der Waals surface area contributed by atoms with Gasteiger partial charge in [-0.3, -0.25) is 14.3 Å². The lowest BCUT2D eigenvalue weighted by Gasteiger charge is -2.05. The molecule has 1 amide bonds. The molecule has 2 aromatic rings. The van der Waals surface area contributed by atoms with Crippen molar-refractivity contribution in [1.29, 1.82) is 0 Å². The van der Waals surface area contributed by atoms with Gasteiger partial charge in [0.15, 0.2) is 0 Å². The summed E-state index contributed by atoms with van der Waals surface area (Å²) in [5.74, 6) is 0.560. The summed E-state index contributed by atoms with van der Waals surface area (Å²) in [5.41, 5.74) is 1.52. The number of hydrogen-bond acceptors (Lipinski definition) is 4. The summed E-state index contributed by atoms with van der Waals surface area (Å²) < 4.78 is 2.96. The highest BCUT2D eigenvalue weighted by Gasteiger charge is 2.17. The third-order valence-corrected chi connectivity index (χ3v) is 3.99. The summed E-state index contributed by atoms with van der Waals surface area (Å²) >= 11 is 0. The van der Waals surface area contributed by atoms with Crippen LogP contribution in [0.4, 0.5) is 0 Å². The number of amides is 1. The topological polar surface area (TPSA) is 81.8 Å². The van der Waals surface area contributed by atoms with Crippen LogP contribution in [0.3, 0.4) is 0 Å². The van der Waals surface area contributed by atoms with Gasteiger partial charge in [0, 0.05) is 18.7 Å². The van der Waals surface area contributed by atoms with Gasteiger partial charge in [0.05, 0.1) is 12.2 Å². The zero-order valence-corrected chi connectivity index (χ0v) is 13.3. The molecule has 3 heterocycles. The molecule has 2 aromatic heterocycles. The van der Waals surface area contributed by atoms with E-state index >= 15 is 0 Å². The number of carbonyl (C=O) groups is 1. The molecule has 7 heteroatoms. The Bertz CT molecular complexity index is 762. The second-order valence-electron chi connectivity index (χ2n) is 5.87. The van der Waals surface area contributed by atoms with E-state index in [0.29, 0.717) is 13.1 Å². The number of fused-ring (bicyclic) bond motifs is 1. The van der Waals surface area contributed by atoms with Crippen LogP contribution < -0.4 is 11.0 Å². The van der Waals surface area contributed by atoms with Crippen molar-refractivity contribution in [3.8, 4) is 0 Å². The molecule has 1 aliphatic rings. The average molecular weight is 315 g/mol. The number of aromatic nitrogens is 4. The third-order valence-electron chi connectivity index (χ3n) is 3.99. The van der Waals surface area contributed by atoms with E-state index in [1.807, 2.05) is 25.1 Å². The molecule has 0 unspecified atom stereocenters. The van der Waals surface area contributed by atoms with E-state index in [0.717, 1.165) is 42.9 Å². The molecule has 0 spiro atoms. The molecule has 7 nitrogen and oxygen atoms in total. The molecule has 0 saturated heterocycles. The summed E-state index contributed by atoms with van der Waals surface area (Å²) in [4.78, 5) is 28.7. The predicted molar refractivity (Wildman–Crippen MR) is 84.9 cm³/mol. The molecule has 0 aromatic carbocycles. The minimum atomic E-state index is -0.233. The van der Waals surface area contributed by atoms with Gasteiger partial charge in [-0.25, -0.2) is 9.48 Å². The van der Waals surface area contributed by atoms with E-state index in [1.54, 1.807) is 4.57 Å². The van der Waals surface area contributed by atoms with E-state index in [-0.39, 0.29) is 18.1 Å². The summed E-state index contributed by atoms with van der Waals surface area (Å²) in [6.07, 6.45) is 3.95. The van der Waals surface area contributed by atoms with E-state index in [2.05, 4.69) is 15.4 Å². The van der Waals surface area contributed by atoms with Crippen molar-refractivity contribution in [3.63, 3.8) is 0 Å². The zero-order valence-electron chi connectivity index (χ0n) is 13.3. The minimum Gasteiger partial charge on any atom is -0.349 e. The Morgan fingerprint density at radius 3 is 3.00 bits per heavy atom. The lowest BCUT2D eigenvalue weighted by atomic mass is 10.2. The number of carbonyl (C=O) groups excluding carboxylic acids is 1. The molecule has 0 bridgehead atoms. The van der Waals surface area contributed by atoms with Crippen molar-refractivity contribution in [3.05, 3.63) is 45.9 Å². The summed E-state index contributed by atoms with van der Waals surface area (Å²) in [7, 11) is 0. The van der Waals surface area contributed by atoms with Gasteiger partial charge >= 0.3 is 5.69 Å². The van der Waals surface area contributed by atoms with Crippen LogP contribution in [0.5, 0.6) is 0 Å². The van der Waals surface area contributed by atoms with Crippen molar-refractivity contribution < 1.29 is 4.79 Å². The maximum atomic E-state index is 12.3. The second kappa shape index (κ2) is 6.76. The lowest BCUT2D eigenvalue weighted by molar-refractivity contribution is -0.122. The largest absolute Gasteiger partial charge is 0.349 e. The van der Waals surface area contributed by atoms with Crippen LogP contribution in [0.2, 0.25) is 0 Å². The molecule has 0 aliphatic carbocycles. The molecule has 0 saturated carbocycles. The van der Waals surface area contributed by atoms with Crippen molar-refractivity contribution >= 4 is 5.91 Å². The van der Waals surface area contributed by atoms with Gasteiger partial charge in [-0.1, -0.05) is 12.5 Å². The molecule has 1 aliphatic heterocycles. The first-order valence-electron chi connectivity index (χ1n) is 7.99. The number of pyridine rings is 1. The van der Waals surface area contributed by atoms with Crippen LogP contribution in [0.25, 0.3) is 0 Å². The molecule has 0 atom stereocenters. The first-order chi connectivity index (χ1) is 11.1. The van der Waals surface area contributed by atoms with Crippen LogP contribution in [-0.4, -0.2) is 25.2 Å². The Kier molecular flexibility index (Phi) is 4.55. The normalized spacial score (nSPS) is 14.1. The monoisotopic (exact) mass is 315 g/mol. The molecule has 1 N–H and O–H groups in total. The Labute approximate surface area is 134 Å². The Morgan fingerprint density at radius 2 is 2.17 bits per heavy atom. The molecular weight excluding hydrogens is 294 g/mol. The van der Waals surface area contributed by atoms with Gasteiger partial charge in [0.2, 0.25) is 5.91 Å². The van der Waals surface area contributed by atoms with Crippen LogP contribution in [0.1, 0.15) is 36.5 Å². The molecule has 0 fully saturated rings. The molecule has 23 heavy (non-hydrogen) atoms. The standard InChI is InChI=1S/C16H21N5O2/c1-12-6-5-7-13(18-12)10-17-15(22)11-21-16(23)20-9-4-2-3-8-14(20)19-21/h5-7H,2-4,8-11H2,1H3,(H,17,22).